The molecule has 0 heterocycles. The molecule has 0 aromatic heterocycles. The third kappa shape index (κ3) is 5.33. The van der Waals surface area contributed by atoms with Gasteiger partial charge in [0.05, 0.1) is 0 Å². The third-order valence-corrected chi connectivity index (χ3v) is 3.52. The zero-order valence-corrected chi connectivity index (χ0v) is 12.9. The molecule has 0 saturated carbocycles. The highest BCUT2D eigenvalue weighted by Gasteiger charge is 2.14. The second-order valence-corrected chi connectivity index (χ2v) is 5.29. The van der Waals surface area contributed by atoms with Gasteiger partial charge in [0, 0.05) is 25.2 Å². The predicted molar refractivity (Wildman–Crippen MR) is 84.2 cm³/mol. The van der Waals surface area contributed by atoms with Crippen molar-refractivity contribution in [2.75, 3.05) is 18.0 Å². The van der Waals surface area contributed by atoms with E-state index < -0.39 is 6.10 Å². The van der Waals surface area contributed by atoms with Gasteiger partial charge >= 0.3 is 0 Å². The highest BCUT2D eigenvalue weighted by atomic mass is 16.3. The first-order valence-corrected chi connectivity index (χ1v) is 7.60. The van der Waals surface area contributed by atoms with Gasteiger partial charge in [0.25, 0.3) is 0 Å². The fourth-order valence-electron chi connectivity index (χ4n) is 2.34. The van der Waals surface area contributed by atoms with Crippen molar-refractivity contribution in [3.63, 3.8) is 0 Å². The van der Waals surface area contributed by atoms with Crippen molar-refractivity contribution < 1.29 is 9.90 Å². The Bertz CT molecular complexity index is 417. The number of anilines is 1. The van der Waals surface area contributed by atoms with Crippen molar-refractivity contribution >= 4 is 11.5 Å². The summed E-state index contributed by atoms with van der Waals surface area (Å²) in [5, 5.41) is 9.78. The summed E-state index contributed by atoms with van der Waals surface area (Å²) in [5.41, 5.74) is 2.46. The lowest BCUT2D eigenvalue weighted by molar-refractivity contribution is -0.127. The SMILES string of the molecule is CCCC(=O)C(O)CCCN(CC)c1cccc(C)c1. The first kappa shape index (κ1) is 16.7. The van der Waals surface area contributed by atoms with E-state index in [2.05, 4.69) is 43.0 Å². The van der Waals surface area contributed by atoms with Crippen LogP contribution in [0.3, 0.4) is 0 Å². The van der Waals surface area contributed by atoms with E-state index in [0.717, 1.165) is 25.9 Å². The van der Waals surface area contributed by atoms with Gasteiger partial charge < -0.3 is 10.0 Å². The summed E-state index contributed by atoms with van der Waals surface area (Å²) in [6.07, 6.45) is 1.89. The highest BCUT2D eigenvalue weighted by Crippen LogP contribution is 2.16. The average Bonchev–Trinajstić information content (AvgIpc) is 2.43. The lowest BCUT2D eigenvalue weighted by atomic mass is 10.1. The number of aryl methyl sites for hydroxylation is 1. The molecule has 0 saturated heterocycles. The number of aliphatic hydroxyl groups excluding tert-OH is 1. The predicted octanol–water partition coefficient (Wildman–Crippen LogP) is 3.33. The molecule has 0 aliphatic heterocycles. The lowest BCUT2D eigenvalue weighted by Crippen LogP contribution is -2.26. The van der Waals surface area contributed by atoms with Crippen LogP contribution in [-0.2, 0) is 4.79 Å². The molecular formula is C17H27NO2. The topological polar surface area (TPSA) is 40.5 Å². The summed E-state index contributed by atoms with van der Waals surface area (Å²) < 4.78 is 0. The number of rotatable bonds is 9. The van der Waals surface area contributed by atoms with Gasteiger partial charge in [0.1, 0.15) is 6.10 Å². The number of carbonyl (C=O) groups excluding carboxylic acids is 1. The van der Waals surface area contributed by atoms with Gasteiger partial charge in [0.15, 0.2) is 5.78 Å². The van der Waals surface area contributed by atoms with Crippen molar-refractivity contribution in [3.05, 3.63) is 29.8 Å². The quantitative estimate of drug-likeness (QED) is 0.752. The van der Waals surface area contributed by atoms with Crippen molar-refractivity contribution in [2.24, 2.45) is 0 Å². The average molecular weight is 277 g/mol. The van der Waals surface area contributed by atoms with E-state index in [-0.39, 0.29) is 5.78 Å². The molecule has 1 atom stereocenters. The molecular weight excluding hydrogens is 250 g/mol. The Morgan fingerprint density at radius 2 is 2.10 bits per heavy atom. The van der Waals surface area contributed by atoms with Crippen LogP contribution in [0.15, 0.2) is 24.3 Å². The lowest BCUT2D eigenvalue weighted by Gasteiger charge is -2.24. The standard InChI is InChI=1S/C17H27NO2/c1-4-8-16(19)17(20)11-7-12-18(5-2)15-10-6-9-14(3)13-15/h6,9-10,13,17,20H,4-5,7-8,11-12H2,1-3H3. The fraction of sp³-hybridized carbons (Fsp3) is 0.588. The number of ketones is 1. The molecule has 0 fully saturated rings. The Morgan fingerprint density at radius 3 is 2.70 bits per heavy atom. The minimum absolute atomic E-state index is 0.0221. The van der Waals surface area contributed by atoms with E-state index in [0.29, 0.717) is 12.8 Å². The van der Waals surface area contributed by atoms with Gasteiger partial charge in [-0.25, -0.2) is 0 Å². The molecule has 3 heteroatoms. The summed E-state index contributed by atoms with van der Waals surface area (Å²) in [6, 6.07) is 8.43. The normalized spacial score (nSPS) is 12.2. The number of carbonyl (C=O) groups is 1. The second-order valence-electron chi connectivity index (χ2n) is 5.29. The first-order chi connectivity index (χ1) is 9.58. The molecule has 1 unspecified atom stereocenters. The van der Waals surface area contributed by atoms with Crippen LogP contribution in [-0.4, -0.2) is 30.1 Å². The molecule has 3 nitrogen and oxygen atoms in total. The van der Waals surface area contributed by atoms with Crippen LogP contribution in [0.25, 0.3) is 0 Å². The Balaban J connectivity index is 2.44. The van der Waals surface area contributed by atoms with E-state index in [1.165, 1.54) is 11.3 Å². The molecule has 0 amide bonds. The van der Waals surface area contributed by atoms with Crippen LogP contribution in [0.5, 0.6) is 0 Å². The maximum atomic E-state index is 11.5. The number of benzene rings is 1. The number of Topliss-reactive ketones (excluding diaryl/α,β-unsaturated/α-hetero) is 1. The molecule has 0 aliphatic rings. The van der Waals surface area contributed by atoms with Crippen LogP contribution in [0.4, 0.5) is 5.69 Å². The van der Waals surface area contributed by atoms with E-state index >= 15 is 0 Å². The third-order valence-electron chi connectivity index (χ3n) is 3.52. The molecule has 1 aromatic carbocycles. The smallest absolute Gasteiger partial charge is 0.161 e. The van der Waals surface area contributed by atoms with Gasteiger partial charge in [-0.1, -0.05) is 19.1 Å². The van der Waals surface area contributed by atoms with Crippen LogP contribution >= 0.6 is 0 Å². The molecule has 112 valence electrons. The van der Waals surface area contributed by atoms with Crippen LogP contribution in [0.2, 0.25) is 0 Å². The highest BCUT2D eigenvalue weighted by molar-refractivity contribution is 5.82. The van der Waals surface area contributed by atoms with Crippen LogP contribution in [0.1, 0.15) is 45.1 Å². The van der Waals surface area contributed by atoms with Gasteiger partial charge in [-0.2, -0.15) is 0 Å². The van der Waals surface area contributed by atoms with Crippen molar-refractivity contribution in [3.8, 4) is 0 Å². The van der Waals surface area contributed by atoms with E-state index in [4.69, 9.17) is 0 Å². The molecule has 0 aliphatic carbocycles. The van der Waals surface area contributed by atoms with Gasteiger partial charge in [0.2, 0.25) is 0 Å². The van der Waals surface area contributed by atoms with Gasteiger partial charge in [-0.05, 0) is 50.8 Å². The van der Waals surface area contributed by atoms with E-state index in [9.17, 15) is 9.90 Å². The zero-order chi connectivity index (χ0) is 15.0. The van der Waals surface area contributed by atoms with Crippen molar-refractivity contribution in [1.82, 2.24) is 0 Å². The molecule has 0 spiro atoms. The summed E-state index contributed by atoms with van der Waals surface area (Å²) in [5.74, 6) is -0.0221. The largest absolute Gasteiger partial charge is 0.385 e. The van der Waals surface area contributed by atoms with Crippen molar-refractivity contribution in [2.45, 2.75) is 52.6 Å². The summed E-state index contributed by atoms with van der Waals surface area (Å²) in [7, 11) is 0. The van der Waals surface area contributed by atoms with Gasteiger partial charge in [-0.15, -0.1) is 0 Å². The summed E-state index contributed by atoms with van der Waals surface area (Å²) >= 11 is 0. The Kier molecular flexibility index (Phi) is 7.31. The summed E-state index contributed by atoms with van der Waals surface area (Å²) in [4.78, 5) is 13.8. The Labute approximate surface area is 122 Å². The maximum Gasteiger partial charge on any atom is 0.161 e. The number of nitrogens with zero attached hydrogens (tertiary/aromatic N) is 1. The number of hydrogen-bond donors (Lipinski definition) is 1. The molecule has 0 bridgehead atoms. The first-order valence-electron chi connectivity index (χ1n) is 7.60. The van der Waals surface area contributed by atoms with Crippen molar-refractivity contribution in [1.29, 1.82) is 0 Å². The maximum absolute atomic E-state index is 11.5. The monoisotopic (exact) mass is 277 g/mol. The fourth-order valence-corrected chi connectivity index (χ4v) is 2.34. The molecule has 1 aromatic rings. The zero-order valence-electron chi connectivity index (χ0n) is 12.9. The van der Waals surface area contributed by atoms with E-state index in [1.807, 2.05) is 6.92 Å². The minimum atomic E-state index is -0.786. The Morgan fingerprint density at radius 1 is 1.35 bits per heavy atom. The van der Waals surface area contributed by atoms with Crippen LogP contribution in [0, 0.1) is 6.92 Å². The van der Waals surface area contributed by atoms with E-state index in [1.54, 1.807) is 0 Å². The minimum Gasteiger partial charge on any atom is -0.385 e. The molecule has 0 radical (unpaired) electrons. The molecule has 1 rings (SSSR count). The second kappa shape index (κ2) is 8.75. The van der Waals surface area contributed by atoms with Crippen LogP contribution < -0.4 is 4.90 Å². The molecule has 20 heavy (non-hydrogen) atoms. The number of aliphatic hydroxyl groups is 1. The summed E-state index contributed by atoms with van der Waals surface area (Å²) in [6.45, 7) is 7.98. The number of hydrogen-bond acceptors (Lipinski definition) is 3. The molecule has 1 N–H and O–H groups in total. The van der Waals surface area contributed by atoms with Gasteiger partial charge in [-0.3, -0.25) is 4.79 Å². The Hall–Kier alpha value is -1.35.